The van der Waals surface area contributed by atoms with Gasteiger partial charge in [-0.3, -0.25) is 9.80 Å². The first-order valence-corrected chi connectivity index (χ1v) is 7.54. The molecule has 0 aliphatic carbocycles. The van der Waals surface area contributed by atoms with Gasteiger partial charge in [-0.1, -0.05) is 0 Å². The lowest BCUT2D eigenvalue weighted by atomic mass is 10.1. The molecule has 1 aromatic heterocycles. The van der Waals surface area contributed by atoms with Gasteiger partial charge in [-0.25, -0.2) is 9.97 Å². The van der Waals surface area contributed by atoms with Crippen molar-refractivity contribution in [3.8, 4) is 0 Å². The minimum atomic E-state index is 0.115. The van der Waals surface area contributed by atoms with Crippen LogP contribution in [0.15, 0.2) is 12.3 Å². The lowest BCUT2D eigenvalue weighted by Gasteiger charge is -2.46. The van der Waals surface area contributed by atoms with Crippen LogP contribution in [0.2, 0.25) is 0 Å². The normalized spacial score (nSPS) is 29.6. The summed E-state index contributed by atoms with van der Waals surface area (Å²) < 4.78 is 0. The van der Waals surface area contributed by atoms with Crippen LogP contribution in [0.5, 0.6) is 0 Å². The monoisotopic (exact) mass is 275 g/mol. The van der Waals surface area contributed by atoms with Crippen molar-refractivity contribution >= 4 is 0 Å². The van der Waals surface area contributed by atoms with E-state index < -0.39 is 0 Å². The van der Waals surface area contributed by atoms with Crippen LogP contribution in [-0.4, -0.2) is 58.0 Å². The third kappa shape index (κ3) is 3.16. The highest BCUT2D eigenvalue weighted by Crippen LogP contribution is 2.26. The topological polar surface area (TPSA) is 44.3 Å². The van der Waals surface area contributed by atoms with Crippen molar-refractivity contribution in [2.45, 2.75) is 38.9 Å². The molecule has 1 aromatic rings. The maximum absolute atomic E-state index is 4.78. The van der Waals surface area contributed by atoms with Gasteiger partial charge in [0.25, 0.3) is 0 Å². The Kier molecular flexibility index (Phi) is 3.75. The van der Waals surface area contributed by atoms with E-state index in [2.05, 4.69) is 40.9 Å². The number of rotatable bonds is 3. The largest absolute Gasteiger partial charge is 0.306 e. The van der Waals surface area contributed by atoms with Gasteiger partial charge >= 0.3 is 0 Å². The maximum Gasteiger partial charge on any atom is 0.147 e. The molecular weight excluding hydrogens is 250 g/mol. The molecule has 5 nitrogen and oxygen atoms in total. The van der Waals surface area contributed by atoms with Crippen molar-refractivity contribution in [3.05, 3.63) is 23.8 Å². The first-order chi connectivity index (χ1) is 9.51. The minimum Gasteiger partial charge on any atom is -0.306 e. The summed E-state index contributed by atoms with van der Waals surface area (Å²) in [5.41, 5.74) is 1.20. The number of piperazine rings is 3. The fourth-order valence-corrected chi connectivity index (χ4v) is 2.89. The summed E-state index contributed by atoms with van der Waals surface area (Å²) in [7, 11) is 0. The standard InChI is InChI=1S/C15H25N5/c1-15(2,3)17-10-12-4-5-16-14(18-12)13-11-19-6-8-20(13)9-7-19/h4-5,13,17H,6-11H2,1-3H3. The number of hydrogen-bond donors (Lipinski definition) is 1. The summed E-state index contributed by atoms with van der Waals surface area (Å²) in [5.74, 6) is 0.989. The van der Waals surface area contributed by atoms with Gasteiger partial charge in [0.2, 0.25) is 0 Å². The van der Waals surface area contributed by atoms with E-state index >= 15 is 0 Å². The zero-order chi connectivity index (χ0) is 14.2. The van der Waals surface area contributed by atoms with Crippen molar-refractivity contribution in [1.29, 1.82) is 0 Å². The van der Waals surface area contributed by atoms with Crippen molar-refractivity contribution < 1.29 is 0 Å². The van der Waals surface area contributed by atoms with Gasteiger partial charge in [-0.15, -0.1) is 0 Å². The second-order valence-corrected chi connectivity index (χ2v) is 6.86. The number of nitrogens with one attached hydrogen (secondary N) is 1. The lowest BCUT2D eigenvalue weighted by Crippen LogP contribution is -2.57. The lowest BCUT2D eigenvalue weighted by molar-refractivity contribution is 0.00854. The van der Waals surface area contributed by atoms with Gasteiger partial charge < -0.3 is 5.32 Å². The Morgan fingerprint density at radius 1 is 1.25 bits per heavy atom. The first kappa shape index (κ1) is 13.9. The van der Waals surface area contributed by atoms with Gasteiger partial charge in [-0.05, 0) is 26.8 Å². The van der Waals surface area contributed by atoms with Crippen molar-refractivity contribution in [2.24, 2.45) is 0 Å². The highest BCUT2D eigenvalue weighted by molar-refractivity contribution is 5.08. The Balaban J connectivity index is 1.71. The van der Waals surface area contributed by atoms with E-state index in [9.17, 15) is 0 Å². The minimum absolute atomic E-state index is 0.115. The Hall–Kier alpha value is -1.04. The average molecular weight is 275 g/mol. The van der Waals surface area contributed by atoms with Crippen LogP contribution in [0, 0.1) is 0 Å². The Morgan fingerprint density at radius 3 is 2.60 bits per heavy atom. The molecular formula is C15H25N5. The van der Waals surface area contributed by atoms with Crippen molar-refractivity contribution in [2.75, 3.05) is 32.7 Å². The van der Waals surface area contributed by atoms with Crippen LogP contribution < -0.4 is 5.32 Å². The molecule has 4 rings (SSSR count). The van der Waals surface area contributed by atoms with Crippen LogP contribution in [0.3, 0.4) is 0 Å². The van der Waals surface area contributed by atoms with E-state index in [4.69, 9.17) is 4.98 Å². The Labute approximate surface area is 121 Å². The van der Waals surface area contributed by atoms with E-state index in [-0.39, 0.29) is 5.54 Å². The fourth-order valence-electron chi connectivity index (χ4n) is 2.89. The van der Waals surface area contributed by atoms with E-state index in [1.54, 1.807) is 0 Å². The fraction of sp³-hybridized carbons (Fsp3) is 0.733. The zero-order valence-electron chi connectivity index (χ0n) is 12.8. The molecule has 2 bridgehead atoms. The summed E-state index contributed by atoms with van der Waals surface area (Å²) in [6.07, 6.45) is 1.90. The van der Waals surface area contributed by atoms with E-state index in [0.717, 1.165) is 37.7 Å². The quantitative estimate of drug-likeness (QED) is 0.893. The smallest absolute Gasteiger partial charge is 0.147 e. The molecule has 110 valence electrons. The average Bonchev–Trinajstić information content (AvgIpc) is 2.46. The molecule has 3 saturated heterocycles. The van der Waals surface area contributed by atoms with Crippen LogP contribution in [-0.2, 0) is 6.54 Å². The van der Waals surface area contributed by atoms with Crippen LogP contribution >= 0.6 is 0 Å². The Bertz CT molecular complexity index is 460. The predicted octanol–water partition coefficient (Wildman–Crippen LogP) is 1.04. The highest BCUT2D eigenvalue weighted by atomic mass is 15.4. The SMILES string of the molecule is CC(C)(C)NCc1ccnc(C2CN3CCN2CC3)n1. The predicted molar refractivity (Wildman–Crippen MR) is 79.4 cm³/mol. The third-order valence-corrected chi connectivity index (χ3v) is 4.11. The molecule has 5 heteroatoms. The molecule has 0 amide bonds. The summed E-state index contributed by atoms with van der Waals surface area (Å²) in [6.45, 7) is 13.1. The highest BCUT2D eigenvalue weighted by Gasteiger charge is 2.34. The zero-order valence-corrected chi connectivity index (χ0v) is 12.8. The second-order valence-electron chi connectivity index (χ2n) is 6.86. The van der Waals surface area contributed by atoms with Gasteiger partial charge in [0.15, 0.2) is 0 Å². The molecule has 1 unspecified atom stereocenters. The molecule has 1 N–H and O–H groups in total. The van der Waals surface area contributed by atoms with Gasteiger partial charge in [0, 0.05) is 51.0 Å². The Morgan fingerprint density at radius 2 is 2.00 bits per heavy atom. The third-order valence-electron chi connectivity index (χ3n) is 4.11. The van der Waals surface area contributed by atoms with E-state index in [1.807, 2.05) is 12.3 Å². The summed E-state index contributed by atoms with van der Waals surface area (Å²) in [5, 5.41) is 3.49. The molecule has 3 fully saturated rings. The van der Waals surface area contributed by atoms with Gasteiger partial charge in [0.1, 0.15) is 5.82 Å². The molecule has 20 heavy (non-hydrogen) atoms. The molecule has 4 heterocycles. The number of nitrogens with zero attached hydrogens (tertiary/aromatic N) is 4. The number of aromatic nitrogens is 2. The maximum atomic E-state index is 4.78. The summed E-state index contributed by atoms with van der Waals surface area (Å²) in [4.78, 5) is 14.3. The molecule has 0 aromatic carbocycles. The van der Waals surface area contributed by atoms with E-state index in [1.165, 1.54) is 13.1 Å². The second kappa shape index (κ2) is 5.39. The van der Waals surface area contributed by atoms with Crippen LogP contribution in [0.25, 0.3) is 0 Å². The molecule has 3 aliphatic heterocycles. The number of fused-ring (bicyclic) bond motifs is 3. The number of hydrogen-bond acceptors (Lipinski definition) is 5. The van der Waals surface area contributed by atoms with Crippen molar-refractivity contribution in [3.63, 3.8) is 0 Å². The molecule has 0 spiro atoms. The molecule has 3 aliphatic rings. The van der Waals surface area contributed by atoms with Gasteiger partial charge in [0.05, 0.1) is 11.7 Å². The molecule has 1 atom stereocenters. The summed E-state index contributed by atoms with van der Waals surface area (Å²) >= 11 is 0. The van der Waals surface area contributed by atoms with Crippen molar-refractivity contribution in [1.82, 2.24) is 25.1 Å². The van der Waals surface area contributed by atoms with Crippen LogP contribution in [0.4, 0.5) is 0 Å². The van der Waals surface area contributed by atoms with Crippen LogP contribution in [0.1, 0.15) is 38.3 Å². The van der Waals surface area contributed by atoms with E-state index in [0.29, 0.717) is 6.04 Å². The molecule has 0 saturated carbocycles. The molecule has 0 radical (unpaired) electrons. The summed E-state index contributed by atoms with van der Waals surface area (Å²) in [6, 6.07) is 2.39. The first-order valence-electron chi connectivity index (χ1n) is 7.54. The van der Waals surface area contributed by atoms with Gasteiger partial charge in [-0.2, -0.15) is 0 Å².